The van der Waals surface area contributed by atoms with E-state index < -0.39 is 23.6 Å². The minimum atomic E-state index is -4.65. The van der Waals surface area contributed by atoms with Crippen molar-refractivity contribution in [1.82, 2.24) is 10.2 Å². The highest BCUT2D eigenvalue weighted by Gasteiger charge is 2.38. The Hall–Kier alpha value is -1.54. The maximum Gasteiger partial charge on any atom is 0.416 e. The first-order valence-electron chi connectivity index (χ1n) is 6.97. The zero-order chi connectivity index (χ0) is 15.9. The van der Waals surface area contributed by atoms with Gasteiger partial charge in [0.1, 0.15) is 5.82 Å². The molecule has 0 aromatic heterocycles. The molecule has 0 saturated carbocycles. The van der Waals surface area contributed by atoms with Gasteiger partial charge in [-0.15, -0.1) is 12.4 Å². The van der Waals surface area contributed by atoms with Gasteiger partial charge in [0, 0.05) is 31.9 Å². The molecule has 2 saturated heterocycles. The van der Waals surface area contributed by atoms with Gasteiger partial charge in [0.05, 0.1) is 5.56 Å². The molecule has 0 aliphatic carbocycles. The van der Waals surface area contributed by atoms with Gasteiger partial charge in [-0.25, -0.2) is 9.18 Å². The summed E-state index contributed by atoms with van der Waals surface area (Å²) in [5.41, 5.74) is -1.31. The third-order valence-corrected chi connectivity index (χ3v) is 4.15. The molecule has 3 rings (SSSR count). The summed E-state index contributed by atoms with van der Waals surface area (Å²) in [6.07, 6.45) is -4.65. The number of carbonyl (C=O) groups excluding carboxylic acids is 1. The summed E-state index contributed by atoms with van der Waals surface area (Å²) in [6.45, 7) is 2.80. The molecule has 2 amide bonds. The van der Waals surface area contributed by atoms with Crippen molar-refractivity contribution < 1.29 is 22.4 Å². The van der Waals surface area contributed by atoms with Gasteiger partial charge >= 0.3 is 12.2 Å². The third-order valence-electron chi connectivity index (χ3n) is 4.15. The van der Waals surface area contributed by atoms with Gasteiger partial charge in [-0.2, -0.15) is 13.2 Å². The van der Waals surface area contributed by atoms with Crippen LogP contribution in [0.5, 0.6) is 0 Å². The number of likely N-dealkylation sites (tertiary alicyclic amines) is 1. The topological polar surface area (TPSA) is 44.4 Å². The summed E-state index contributed by atoms with van der Waals surface area (Å²) in [5.74, 6) is -0.277. The lowest BCUT2D eigenvalue weighted by Crippen LogP contribution is -2.35. The molecule has 23 heavy (non-hydrogen) atoms. The molecule has 2 N–H and O–H groups in total. The van der Waals surface area contributed by atoms with Gasteiger partial charge in [0.2, 0.25) is 0 Å². The van der Waals surface area contributed by atoms with Crippen molar-refractivity contribution in [3.63, 3.8) is 0 Å². The maximum atomic E-state index is 13.3. The molecule has 1 aromatic rings. The highest BCUT2D eigenvalue weighted by Crippen LogP contribution is 2.32. The lowest BCUT2D eigenvalue weighted by molar-refractivity contribution is -0.137. The van der Waals surface area contributed by atoms with Crippen LogP contribution in [0.3, 0.4) is 0 Å². The normalized spacial score (nSPS) is 23.4. The van der Waals surface area contributed by atoms with E-state index in [1.54, 1.807) is 4.90 Å². The van der Waals surface area contributed by atoms with Gasteiger partial charge in [-0.1, -0.05) is 0 Å². The first-order valence-corrected chi connectivity index (χ1v) is 6.97. The number of fused-ring (bicyclic) bond motifs is 1. The van der Waals surface area contributed by atoms with Gasteiger partial charge < -0.3 is 15.5 Å². The largest absolute Gasteiger partial charge is 0.416 e. The van der Waals surface area contributed by atoms with Crippen LogP contribution in [0.25, 0.3) is 0 Å². The number of nitrogens with one attached hydrogen (secondary N) is 2. The van der Waals surface area contributed by atoms with Gasteiger partial charge in [0.25, 0.3) is 0 Å². The minimum absolute atomic E-state index is 0. The number of anilines is 1. The van der Waals surface area contributed by atoms with Crippen molar-refractivity contribution in [3.8, 4) is 0 Å². The van der Waals surface area contributed by atoms with Crippen molar-refractivity contribution in [1.29, 1.82) is 0 Å². The number of halogens is 5. The van der Waals surface area contributed by atoms with E-state index in [0.717, 1.165) is 25.2 Å². The molecule has 0 bridgehead atoms. The van der Waals surface area contributed by atoms with Crippen molar-refractivity contribution in [2.45, 2.75) is 6.18 Å². The van der Waals surface area contributed by atoms with Crippen LogP contribution in [0, 0.1) is 17.7 Å². The van der Waals surface area contributed by atoms with Crippen molar-refractivity contribution >= 4 is 24.1 Å². The Labute approximate surface area is 136 Å². The Morgan fingerprint density at radius 2 is 1.78 bits per heavy atom. The first kappa shape index (κ1) is 17.8. The zero-order valence-corrected chi connectivity index (χ0v) is 12.8. The molecule has 2 atom stereocenters. The lowest BCUT2D eigenvalue weighted by atomic mass is 10.0. The number of nitrogens with zero attached hydrogens (tertiary/aromatic N) is 1. The molecule has 128 valence electrons. The first-order chi connectivity index (χ1) is 10.3. The minimum Gasteiger partial charge on any atom is -0.324 e. The second-order valence-electron chi connectivity index (χ2n) is 5.74. The van der Waals surface area contributed by atoms with Crippen LogP contribution in [0.1, 0.15) is 5.56 Å². The fourth-order valence-corrected chi connectivity index (χ4v) is 3.05. The van der Waals surface area contributed by atoms with Crippen LogP contribution >= 0.6 is 12.4 Å². The van der Waals surface area contributed by atoms with E-state index in [2.05, 4.69) is 10.6 Å². The molecule has 0 unspecified atom stereocenters. The summed E-state index contributed by atoms with van der Waals surface area (Å²) in [7, 11) is 0. The van der Waals surface area contributed by atoms with Crippen molar-refractivity contribution in [2.24, 2.45) is 11.8 Å². The van der Waals surface area contributed by atoms with Crippen molar-refractivity contribution in [2.75, 3.05) is 31.5 Å². The molecule has 9 heteroatoms. The van der Waals surface area contributed by atoms with Gasteiger partial charge in [-0.05, 0) is 30.0 Å². The quantitative estimate of drug-likeness (QED) is 0.762. The van der Waals surface area contributed by atoms with E-state index in [9.17, 15) is 22.4 Å². The van der Waals surface area contributed by atoms with E-state index in [0.29, 0.717) is 31.0 Å². The smallest absolute Gasteiger partial charge is 0.324 e. The summed E-state index contributed by atoms with van der Waals surface area (Å²) < 4.78 is 51.2. The molecular formula is C14H16ClF4N3O. The second-order valence-corrected chi connectivity index (χ2v) is 5.74. The average molecular weight is 354 g/mol. The molecule has 1 aromatic carbocycles. The fourth-order valence-electron chi connectivity index (χ4n) is 3.05. The zero-order valence-electron chi connectivity index (χ0n) is 12.0. The standard InChI is InChI=1S/C14H15F4N3O.ClH/c15-11-1-10(14(16,17)18)2-12(3-11)20-13(22)21-6-8-4-19-5-9(8)7-21;/h1-3,8-9,19H,4-7H2,(H,20,22);1H/t8-,9+;. The van der Waals surface area contributed by atoms with E-state index >= 15 is 0 Å². The fraction of sp³-hybridized carbons (Fsp3) is 0.500. The highest BCUT2D eigenvalue weighted by molar-refractivity contribution is 5.89. The Bertz CT molecular complexity index is 584. The number of carbonyl (C=O) groups is 1. The predicted molar refractivity (Wildman–Crippen MR) is 79.1 cm³/mol. The Kier molecular flexibility index (Phi) is 5.05. The Morgan fingerprint density at radius 3 is 2.35 bits per heavy atom. The molecule has 2 fully saturated rings. The molecule has 2 aliphatic rings. The number of alkyl halides is 3. The number of hydrogen-bond donors (Lipinski definition) is 2. The van der Waals surface area contributed by atoms with Crippen LogP contribution in [-0.4, -0.2) is 37.1 Å². The van der Waals surface area contributed by atoms with Gasteiger partial charge in [0.15, 0.2) is 0 Å². The van der Waals surface area contributed by atoms with E-state index in [-0.39, 0.29) is 18.1 Å². The number of urea groups is 1. The van der Waals surface area contributed by atoms with Gasteiger partial charge in [-0.3, -0.25) is 0 Å². The second kappa shape index (κ2) is 6.52. The summed E-state index contributed by atoms with van der Waals surface area (Å²) in [4.78, 5) is 13.7. The number of benzene rings is 1. The van der Waals surface area contributed by atoms with Crippen LogP contribution in [-0.2, 0) is 6.18 Å². The summed E-state index contributed by atoms with van der Waals surface area (Å²) >= 11 is 0. The molecule has 0 radical (unpaired) electrons. The Morgan fingerprint density at radius 1 is 1.17 bits per heavy atom. The summed E-state index contributed by atoms with van der Waals surface area (Å²) in [5, 5.41) is 5.59. The van der Waals surface area contributed by atoms with E-state index in [1.807, 2.05) is 0 Å². The lowest BCUT2D eigenvalue weighted by Gasteiger charge is -2.19. The predicted octanol–water partition coefficient (Wildman–Crippen LogP) is 2.95. The number of hydrogen-bond acceptors (Lipinski definition) is 2. The number of rotatable bonds is 1. The Balaban J connectivity index is 0.00000192. The average Bonchev–Trinajstić information content (AvgIpc) is 2.97. The number of amides is 2. The summed E-state index contributed by atoms with van der Waals surface area (Å²) in [6, 6.07) is 1.53. The van der Waals surface area contributed by atoms with Crippen LogP contribution in [0.4, 0.5) is 28.0 Å². The van der Waals surface area contributed by atoms with E-state index in [1.165, 1.54) is 0 Å². The van der Waals surface area contributed by atoms with Crippen LogP contribution in [0.2, 0.25) is 0 Å². The monoisotopic (exact) mass is 353 g/mol. The molecule has 2 heterocycles. The molecule has 4 nitrogen and oxygen atoms in total. The van der Waals surface area contributed by atoms with E-state index in [4.69, 9.17) is 0 Å². The third kappa shape index (κ3) is 3.87. The maximum absolute atomic E-state index is 13.3. The molecule has 0 spiro atoms. The highest BCUT2D eigenvalue weighted by atomic mass is 35.5. The van der Waals surface area contributed by atoms with Crippen molar-refractivity contribution in [3.05, 3.63) is 29.6 Å². The SMILES string of the molecule is Cl.O=C(Nc1cc(F)cc(C(F)(F)F)c1)N1C[C@H]2CNC[C@H]2C1. The molecular weight excluding hydrogens is 338 g/mol. The van der Waals surface area contributed by atoms with Crippen LogP contribution < -0.4 is 10.6 Å². The van der Waals surface area contributed by atoms with Crippen LogP contribution in [0.15, 0.2) is 18.2 Å². The molecule has 2 aliphatic heterocycles.